The minimum atomic E-state index is 0.345. The molecule has 3 aliphatic rings. The predicted molar refractivity (Wildman–Crippen MR) is 49.3 cm³/mol. The Morgan fingerprint density at radius 3 is 3.33 bits per heavy atom. The summed E-state index contributed by atoms with van der Waals surface area (Å²) in [4.78, 5) is 5.35. The second-order valence-corrected chi connectivity index (χ2v) is 4.68. The molecule has 3 rings (SSSR count). The summed E-state index contributed by atoms with van der Waals surface area (Å²) >= 11 is 3.46. The summed E-state index contributed by atoms with van der Waals surface area (Å²) in [7, 11) is 0. The van der Waals surface area contributed by atoms with Crippen LogP contribution in [0.2, 0.25) is 0 Å². The number of nitrogens with zero attached hydrogens (tertiary/aromatic N) is 1. The van der Waals surface area contributed by atoms with E-state index in [-0.39, 0.29) is 0 Å². The molecule has 2 bridgehead atoms. The summed E-state index contributed by atoms with van der Waals surface area (Å²) in [5.41, 5.74) is 0. The van der Waals surface area contributed by atoms with Crippen molar-refractivity contribution in [2.45, 2.75) is 37.5 Å². The second kappa shape index (κ2) is 2.45. The molecule has 12 heavy (non-hydrogen) atoms. The van der Waals surface area contributed by atoms with Crippen molar-refractivity contribution in [3.05, 3.63) is 0 Å². The molecule has 0 aromatic heterocycles. The van der Waals surface area contributed by atoms with Crippen LogP contribution >= 0.6 is 15.9 Å². The third kappa shape index (κ3) is 0.879. The van der Waals surface area contributed by atoms with Gasteiger partial charge in [0.05, 0.1) is 5.92 Å². The van der Waals surface area contributed by atoms with Crippen LogP contribution < -0.4 is 5.32 Å². The lowest BCUT2D eigenvalue weighted by Gasteiger charge is -2.30. The molecule has 4 unspecified atom stereocenters. The summed E-state index contributed by atoms with van der Waals surface area (Å²) in [6, 6.07) is 1.29. The smallest absolute Gasteiger partial charge is 0.139 e. The predicted octanol–water partition coefficient (Wildman–Crippen LogP) is 1.23. The van der Waals surface area contributed by atoms with Gasteiger partial charge in [0, 0.05) is 18.5 Å². The third-order valence-electron chi connectivity index (χ3n) is 3.18. The fourth-order valence-electron chi connectivity index (χ4n) is 2.61. The topological polar surface area (TPSA) is 33.6 Å². The average Bonchev–Trinajstić information content (AvgIpc) is 2.59. The fourth-order valence-corrected chi connectivity index (χ4v) is 3.31. The van der Waals surface area contributed by atoms with Crippen molar-refractivity contribution < 1.29 is 4.84 Å². The molecule has 2 saturated heterocycles. The number of nitrogens with one attached hydrogen (secondary N) is 1. The molecule has 0 amide bonds. The molecule has 66 valence electrons. The molecular weight excluding hydrogens is 220 g/mol. The Hall–Kier alpha value is -0.0900. The first kappa shape index (κ1) is 7.33. The van der Waals surface area contributed by atoms with Crippen molar-refractivity contribution in [2.75, 3.05) is 0 Å². The van der Waals surface area contributed by atoms with E-state index in [2.05, 4.69) is 26.4 Å². The molecule has 3 aliphatic heterocycles. The quantitative estimate of drug-likeness (QED) is 0.680. The van der Waals surface area contributed by atoms with Crippen LogP contribution in [0.4, 0.5) is 0 Å². The van der Waals surface area contributed by atoms with Crippen molar-refractivity contribution in [2.24, 2.45) is 11.1 Å². The molecule has 4 atom stereocenters. The lowest BCUT2D eigenvalue weighted by molar-refractivity contribution is 0.0299. The van der Waals surface area contributed by atoms with Crippen LogP contribution in [0.25, 0.3) is 0 Å². The minimum absolute atomic E-state index is 0.345. The van der Waals surface area contributed by atoms with Gasteiger partial charge in [-0.2, -0.15) is 0 Å². The third-order valence-corrected chi connectivity index (χ3v) is 3.85. The molecule has 0 saturated carbocycles. The number of hydrogen-bond donors (Lipinski definition) is 1. The zero-order valence-corrected chi connectivity index (χ0v) is 8.25. The summed E-state index contributed by atoms with van der Waals surface area (Å²) in [6.07, 6.45) is 4.05. The van der Waals surface area contributed by atoms with Gasteiger partial charge in [-0.15, -0.1) is 0 Å². The van der Waals surface area contributed by atoms with Crippen LogP contribution in [0.5, 0.6) is 0 Å². The van der Waals surface area contributed by atoms with Gasteiger partial charge in [-0.1, -0.05) is 5.16 Å². The highest BCUT2D eigenvalue weighted by Crippen LogP contribution is 2.38. The van der Waals surface area contributed by atoms with Crippen LogP contribution in [-0.4, -0.2) is 22.8 Å². The largest absolute Gasteiger partial charge is 0.391 e. The normalized spacial score (nSPS) is 49.9. The molecule has 0 aromatic rings. The number of halogens is 1. The van der Waals surface area contributed by atoms with Gasteiger partial charge in [0.2, 0.25) is 0 Å². The van der Waals surface area contributed by atoms with Gasteiger partial charge < -0.3 is 10.2 Å². The molecule has 3 nitrogen and oxygen atoms in total. The zero-order valence-electron chi connectivity index (χ0n) is 6.66. The molecular formula is C8H11BrN2O. The van der Waals surface area contributed by atoms with Crippen molar-refractivity contribution in [3.8, 4) is 0 Å². The maximum absolute atomic E-state index is 5.35. The average molecular weight is 231 g/mol. The molecule has 0 spiro atoms. The number of hydrogen-bond acceptors (Lipinski definition) is 3. The van der Waals surface area contributed by atoms with E-state index >= 15 is 0 Å². The summed E-state index contributed by atoms with van der Waals surface area (Å²) in [6.45, 7) is 0. The molecule has 0 radical (unpaired) electrons. The minimum Gasteiger partial charge on any atom is -0.391 e. The van der Waals surface area contributed by atoms with Crippen LogP contribution in [0, 0.1) is 5.92 Å². The SMILES string of the molecule is BrC1=NOC2CC3CCC(N3)C12. The van der Waals surface area contributed by atoms with Crippen LogP contribution in [0.1, 0.15) is 19.3 Å². The first-order chi connectivity index (χ1) is 5.84. The summed E-state index contributed by atoms with van der Waals surface area (Å²) < 4.78 is 1.00. The Balaban J connectivity index is 1.91. The lowest BCUT2D eigenvalue weighted by Crippen LogP contribution is -2.48. The van der Waals surface area contributed by atoms with E-state index in [9.17, 15) is 0 Å². The number of oxime groups is 1. The molecule has 1 N–H and O–H groups in total. The van der Waals surface area contributed by atoms with Gasteiger partial charge in [-0.3, -0.25) is 0 Å². The van der Waals surface area contributed by atoms with Crippen molar-refractivity contribution >= 4 is 20.6 Å². The number of piperidine rings is 1. The Morgan fingerprint density at radius 1 is 1.50 bits per heavy atom. The van der Waals surface area contributed by atoms with Gasteiger partial charge in [0.15, 0.2) is 0 Å². The molecule has 4 heteroatoms. The maximum atomic E-state index is 5.35. The monoisotopic (exact) mass is 230 g/mol. The molecule has 3 heterocycles. The van der Waals surface area contributed by atoms with Crippen molar-refractivity contribution in [1.29, 1.82) is 0 Å². The fraction of sp³-hybridized carbons (Fsp3) is 0.875. The van der Waals surface area contributed by atoms with Gasteiger partial charge in [0.25, 0.3) is 0 Å². The first-order valence-electron chi connectivity index (χ1n) is 4.50. The summed E-state index contributed by atoms with van der Waals surface area (Å²) in [5, 5.41) is 7.59. The van der Waals surface area contributed by atoms with E-state index in [0.29, 0.717) is 24.1 Å². The van der Waals surface area contributed by atoms with E-state index in [0.717, 1.165) is 11.0 Å². The van der Waals surface area contributed by atoms with Gasteiger partial charge in [-0.05, 0) is 28.8 Å². The molecule has 0 aromatic carbocycles. The Morgan fingerprint density at radius 2 is 2.42 bits per heavy atom. The highest BCUT2D eigenvalue weighted by molar-refractivity contribution is 9.18. The second-order valence-electron chi connectivity index (χ2n) is 3.87. The first-order valence-corrected chi connectivity index (χ1v) is 5.29. The van der Waals surface area contributed by atoms with Gasteiger partial charge in [-0.25, -0.2) is 0 Å². The van der Waals surface area contributed by atoms with Gasteiger partial charge >= 0.3 is 0 Å². The zero-order chi connectivity index (χ0) is 8.13. The molecule has 2 fully saturated rings. The summed E-state index contributed by atoms with van der Waals surface area (Å²) in [5.74, 6) is 0.490. The van der Waals surface area contributed by atoms with Crippen LogP contribution in [0.3, 0.4) is 0 Å². The van der Waals surface area contributed by atoms with E-state index in [1.165, 1.54) is 12.8 Å². The van der Waals surface area contributed by atoms with Crippen LogP contribution in [0.15, 0.2) is 5.16 Å². The Kier molecular flexibility index (Phi) is 1.50. The lowest BCUT2D eigenvalue weighted by atomic mass is 9.91. The van der Waals surface area contributed by atoms with Crippen LogP contribution in [-0.2, 0) is 4.84 Å². The van der Waals surface area contributed by atoms with Crippen molar-refractivity contribution in [1.82, 2.24) is 5.32 Å². The molecule has 0 aliphatic carbocycles. The number of fused-ring (bicyclic) bond motifs is 4. The Bertz CT molecular complexity index is 243. The van der Waals surface area contributed by atoms with E-state index in [1.54, 1.807) is 0 Å². The van der Waals surface area contributed by atoms with Gasteiger partial charge in [0.1, 0.15) is 10.7 Å². The van der Waals surface area contributed by atoms with E-state index in [4.69, 9.17) is 4.84 Å². The van der Waals surface area contributed by atoms with Crippen molar-refractivity contribution in [3.63, 3.8) is 0 Å². The number of rotatable bonds is 0. The highest BCUT2D eigenvalue weighted by Gasteiger charge is 2.47. The highest BCUT2D eigenvalue weighted by atomic mass is 79.9. The van der Waals surface area contributed by atoms with E-state index in [1.807, 2.05) is 0 Å². The van der Waals surface area contributed by atoms with E-state index < -0.39 is 0 Å². The standard InChI is InChI=1S/C8H11BrN2O/c9-8-7-5-2-1-4(10-5)3-6(7)12-11-8/h4-7,10H,1-3H2. The Labute approximate surface area is 79.7 Å². The maximum Gasteiger partial charge on any atom is 0.139 e.